The number of benzene rings is 2. The Labute approximate surface area is 184 Å². The lowest BCUT2D eigenvalue weighted by atomic mass is 9.96. The van der Waals surface area contributed by atoms with E-state index in [-0.39, 0.29) is 24.8 Å². The molecule has 152 valence electrons. The topological polar surface area (TPSA) is 15.7 Å². The van der Waals surface area contributed by atoms with Gasteiger partial charge in [0.25, 0.3) is 0 Å². The normalized spacial score (nSPS) is 17.9. The van der Waals surface area contributed by atoms with Crippen LogP contribution in [-0.2, 0) is 0 Å². The first-order chi connectivity index (χ1) is 12.7. The minimum Gasteiger partial charge on any atom is -0.497 e. The van der Waals surface area contributed by atoms with Crippen molar-refractivity contribution in [1.82, 2.24) is 9.80 Å². The van der Waals surface area contributed by atoms with Gasteiger partial charge in [0.15, 0.2) is 0 Å². The molecular formula is C22H28Cl2N2OS. The molecule has 0 aliphatic carbocycles. The first-order valence-corrected chi connectivity index (χ1v) is 10.1. The summed E-state index contributed by atoms with van der Waals surface area (Å²) in [5, 5.41) is 0. The van der Waals surface area contributed by atoms with E-state index in [1.165, 1.54) is 52.7 Å². The Morgan fingerprint density at radius 3 is 2.43 bits per heavy atom. The molecule has 3 nitrogen and oxygen atoms in total. The molecule has 6 heteroatoms. The lowest BCUT2D eigenvalue weighted by Gasteiger charge is -2.32. The third-order valence-corrected chi connectivity index (χ3v) is 6.40. The monoisotopic (exact) mass is 438 g/mol. The summed E-state index contributed by atoms with van der Waals surface area (Å²) in [6.07, 6.45) is 3.52. The highest BCUT2D eigenvalue weighted by molar-refractivity contribution is 7.99. The van der Waals surface area contributed by atoms with Crippen LogP contribution in [-0.4, -0.2) is 56.7 Å². The van der Waals surface area contributed by atoms with Gasteiger partial charge >= 0.3 is 0 Å². The van der Waals surface area contributed by atoms with Crippen LogP contribution in [0.4, 0.5) is 0 Å². The van der Waals surface area contributed by atoms with Crippen LogP contribution >= 0.6 is 36.6 Å². The summed E-state index contributed by atoms with van der Waals surface area (Å²) in [5.41, 5.74) is 4.05. The number of hydrogen-bond acceptors (Lipinski definition) is 4. The zero-order valence-electron chi connectivity index (χ0n) is 16.4. The van der Waals surface area contributed by atoms with Crippen LogP contribution in [0.2, 0.25) is 0 Å². The molecule has 2 aromatic carbocycles. The van der Waals surface area contributed by atoms with Gasteiger partial charge in [-0.25, -0.2) is 0 Å². The zero-order chi connectivity index (χ0) is 17.9. The van der Waals surface area contributed by atoms with Gasteiger partial charge in [0.1, 0.15) is 5.75 Å². The van der Waals surface area contributed by atoms with Gasteiger partial charge in [-0.1, -0.05) is 36.0 Å². The van der Waals surface area contributed by atoms with Gasteiger partial charge in [-0.05, 0) is 54.4 Å². The molecule has 1 saturated heterocycles. The van der Waals surface area contributed by atoms with Gasteiger partial charge in [-0.3, -0.25) is 0 Å². The summed E-state index contributed by atoms with van der Waals surface area (Å²) >= 11 is 1.84. The second-order valence-electron chi connectivity index (χ2n) is 7.01. The van der Waals surface area contributed by atoms with Crippen molar-refractivity contribution < 1.29 is 4.74 Å². The van der Waals surface area contributed by atoms with Crippen LogP contribution in [0.15, 0.2) is 58.3 Å². The van der Waals surface area contributed by atoms with E-state index in [4.69, 9.17) is 4.74 Å². The molecule has 1 fully saturated rings. The van der Waals surface area contributed by atoms with Crippen molar-refractivity contribution in [2.75, 3.05) is 46.9 Å². The van der Waals surface area contributed by atoms with Gasteiger partial charge in [-0.15, -0.1) is 24.8 Å². The van der Waals surface area contributed by atoms with Gasteiger partial charge in [0.05, 0.1) is 7.11 Å². The number of rotatable bonds is 4. The molecule has 0 radical (unpaired) electrons. The van der Waals surface area contributed by atoms with Crippen LogP contribution < -0.4 is 4.74 Å². The Morgan fingerprint density at radius 2 is 1.68 bits per heavy atom. The van der Waals surface area contributed by atoms with E-state index >= 15 is 0 Å². The number of methoxy groups -OCH3 is 1. The number of fused-ring (bicyclic) bond motifs is 2. The smallest absolute Gasteiger partial charge is 0.120 e. The fourth-order valence-electron chi connectivity index (χ4n) is 3.66. The highest BCUT2D eigenvalue weighted by Crippen LogP contribution is 2.46. The third kappa shape index (κ3) is 5.05. The molecule has 0 aromatic heterocycles. The van der Waals surface area contributed by atoms with Gasteiger partial charge in [0, 0.05) is 42.5 Å². The van der Waals surface area contributed by atoms with Crippen molar-refractivity contribution in [3.05, 3.63) is 59.7 Å². The SMILES string of the molecule is COc1ccc2c(c1)Sc1ccccc1/C2=C\CCN1CCN(C)CC1.Cl.Cl. The van der Waals surface area contributed by atoms with Crippen LogP contribution in [0.1, 0.15) is 17.5 Å². The van der Waals surface area contributed by atoms with Crippen molar-refractivity contribution >= 4 is 42.1 Å². The Morgan fingerprint density at radius 1 is 0.964 bits per heavy atom. The molecule has 2 aliphatic heterocycles. The quantitative estimate of drug-likeness (QED) is 0.564. The molecule has 0 spiro atoms. The number of halogens is 2. The van der Waals surface area contributed by atoms with Gasteiger partial charge in [-0.2, -0.15) is 0 Å². The first-order valence-electron chi connectivity index (χ1n) is 9.31. The summed E-state index contributed by atoms with van der Waals surface area (Å²) in [7, 11) is 3.94. The molecule has 2 aromatic rings. The molecule has 28 heavy (non-hydrogen) atoms. The minimum absolute atomic E-state index is 0. The summed E-state index contributed by atoms with van der Waals surface area (Å²) in [6.45, 7) is 5.86. The van der Waals surface area contributed by atoms with E-state index < -0.39 is 0 Å². The van der Waals surface area contributed by atoms with Gasteiger partial charge in [0.2, 0.25) is 0 Å². The lowest BCUT2D eigenvalue weighted by Crippen LogP contribution is -2.44. The summed E-state index contributed by atoms with van der Waals surface area (Å²) in [5.74, 6) is 0.924. The predicted octanol–water partition coefficient (Wildman–Crippen LogP) is 5.07. The van der Waals surface area contributed by atoms with Gasteiger partial charge < -0.3 is 14.5 Å². The zero-order valence-corrected chi connectivity index (χ0v) is 18.8. The fraction of sp³-hybridized carbons (Fsp3) is 0.364. The van der Waals surface area contributed by atoms with E-state index in [0.29, 0.717) is 0 Å². The molecule has 4 rings (SSSR count). The second-order valence-corrected chi connectivity index (χ2v) is 8.10. The molecule has 0 atom stereocenters. The van der Waals surface area contributed by atoms with E-state index in [2.05, 4.69) is 65.4 Å². The maximum Gasteiger partial charge on any atom is 0.120 e. The average Bonchev–Trinajstić information content (AvgIpc) is 2.68. The Balaban J connectivity index is 0.00000140. The lowest BCUT2D eigenvalue weighted by molar-refractivity contribution is 0.156. The van der Waals surface area contributed by atoms with Crippen molar-refractivity contribution in [1.29, 1.82) is 0 Å². The van der Waals surface area contributed by atoms with Crippen LogP contribution in [0.25, 0.3) is 5.57 Å². The first kappa shape index (κ1) is 23.1. The summed E-state index contributed by atoms with van der Waals surface area (Å²) in [4.78, 5) is 7.61. The standard InChI is InChI=1S/C22H26N2OS.2ClH/c1-23-12-14-24(15-13-23)11-5-7-18-19-6-3-4-8-21(19)26-22-16-17(25-2)9-10-20(18)22;;/h3-4,6-10,16H,5,11-15H2,1-2H3;2*1H/b18-7+;;. The average molecular weight is 439 g/mol. The Kier molecular flexibility index (Phi) is 8.72. The third-order valence-electron chi connectivity index (χ3n) is 5.27. The number of ether oxygens (including phenoxy) is 1. The highest BCUT2D eigenvalue weighted by Gasteiger charge is 2.21. The molecule has 2 heterocycles. The van der Waals surface area contributed by atoms with Crippen molar-refractivity contribution in [2.24, 2.45) is 0 Å². The second kappa shape index (κ2) is 10.6. The molecule has 0 amide bonds. The Hall–Kier alpha value is -1.17. The summed E-state index contributed by atoms with van der Waals surface area (Å²) < 4.78 is 5.43. The van der Waals surface area contributed by atoms with E-state index in [1.807, 2.05) is 11.8 Å². The van der Waals surface area contributed by atoms with Crippen molar-refractivity contribution in [2.45, 2.75) is 16.2 Å². The summed E-state index contributed by atoms with van der Waals surface area (Å²) in [6, 6.07) is 15.2. The largest absolute Gasteiger partial charge is 0.497 e. The maximum atomic E-state index is 5.43. The minimum atomic E-state index is 0. The van der Waals surface area contributed by atoms with Crippen molar-refractivity contribution in [3.8, 4) is 5.75 Å². The van der Waals surface area contributed by atoms with E-state index in [1.54, 1.807) is 7.11 Å². The number of hydrogen-bond donors (Lipinski definition) is 0. The highest BCUT2D eigenvalue weighted by atomic mass is 35.5. The molecule has 0 bridgehead atoms. The fourth-order valence-corrected chi connectivity index (χ4v) is 4.80. The molecule has 0 unspecified atom stereocenters. The Bertz CT molecular complexity index is 820. The van der Waals surface area contributed by atoms with Crippen LogP contribution in [0.5, 0.6) is 5.75 Å². The van der Waals surface area contributed by atoms with Crippen LogP contribution in [0.3, 0.4) is 0 Å². The number of piperazine rings is 1. The maximum absolute atomic E-state index is 5.43. The molecule has 2 aliphatic rings. The predicted molar refractivity (Wildman–Crippen MR) is 124 cm³/mol. The van der Waals surface area contributed by atoms with Crippen molar-refractivity contribution in [3.63, 3.8) is 0 Å². The van der Waals surface area contributed by atoms with E-state index in [0.717, 1.165) is 18.7 Å². The van der Waals surface area contributed by atoms with Crippen LogP contribution in [0, 0.1) is 0 Å². The number of likely N-dealkylation sites (N-methyl/N-ethyl adjacent to an activating group) is 1. The number of nitrogens with zero attached hydrogens (tertiary/aromatic N) is 2. The molecular weight excluding hydrogens is 411 g/mol. The molecule has 0 saturated carbocycles. The van der Waals surface area contributed by atoms with E-state index in [9.17, 15) is 0 Å². The molecule has 0 N–H and O–H groups in total.